The molecule has 5 heteroatoms. The highest BCUT2D eigenvalue weighted by Gasteiger charge is 2.12. The Morgan fingerprint density at radius 1 is 1.67 bits per heavy atom. The molecule has 0 amide bonds. The third kappa shape index (κ3) is 2.68. The Kier molecular flexibility index (Phi) is 4.08. The van der Waals surface area contributed by atoms with Gasteiger partial charge < -0.3 is 15.6 Å². The Morgan fingerprint density at radius 3 is 2.80 bits per heavy atom. The van der Waals surface area contributed by atoms with Crippen LogP contribution in [-0.2, 0) is 4.74 Å². The number of hydrogen-bond acceptors (Lipinski definition) is 4. The minimum Gasteiger partial charge on any atom is -0.465 e. The zero-order valence-electron chi connectivity index (χ0n) is 8.24. The molecule has 0 fully saturated rings. The van der Waals surface area contributed by atoms with Crippen molar-refractivity contribution in [2.45, 2.75) is 6.04 Å². The largest absolute Gasteiger partial charge is 0.465 e. The predicted octanol–water partition coefficient (Wildman–Crippen LogP) is 1.12. The van der Waals surface area contributed by atoms with E-state index < -0.39 is 12.0 Å². The molecule has 82 valence electrons. The van der Waals surface area contributed by atoms with Gasteiger partial charge >= 0.3 is 5.97 Å². The Labute approximate surface area is 92.6 Å². The van der Waals surface area contributed by atoms with E-state index in [0.29, 0.717) is 5.56 Å². The van der Waals surface area contributed by atoms with Crippen LogP contribution in [-0.4, -0.2) is 24.8 Å². The summed E-state index contributed by atoms with van der Waals surface area (Å²) in [5.41, 5.74) is 6.56. The predicted molar refractivity (Wildman–Crippen MR) is 56.8 cm³/mol. The highest BCUT2D eigenvalue weighted by Crippen LogP contribution is 2.21. The second kappa shape index (κ2) is 5.11. The summed E-state index contributed by atoms with van der Waals surface area (Å²) in [7, 11) is 1.28. The number of methoxy groups -OCH3 is 1. The van der Waals surface area contributed by atoms with Crippen LogP contribution >= 0.6 is 11.6 Å². The van der Waals surface area contributed by atoms with Crippen LogP contribution in [0.25, 0.3) is 0 Å². The number of rotatable bonds is 3. The van der Waals surface area contributed by atoms with E-state index in [0.717, 1.165) is 0 Å². The first-order chi connectivity index (χ1) is 7.10. The first kappa shape index (κ1) is 12.0. The smallest absolute Gasteiger partial charge is 0.339 e. The molecule has 0 saturated carbocycles. The summed E-state index contributed by atoms with van der Waals surface area (Å²) in [6.45, 7) is -0.173. The highest BCUT2D eigenvalue weighted by atomic mass is 35.5. The lowest BCUT2D eigenvalue weighted by Crippen LogP contribution is -2.14. The lowest BCUT2D eigenvalue weighted by molar-refractivity contribution is 0.0601. The monoisotopic (exact) mass is 229 g/mol. The molecule has 1 aromatic rings. The van der Waals surface area contributed by atoms with Crippen LogP contribution in [0.15, 0.2) is 18.2 Å². The van der Waals surface area contributed by atoms with Crippen molar-refractivity contribution in [3.63, 3.8) is 0 Å². The van der Waals surface area contributed by atoms with E-state index in [2.05, 4.69) is 4.74 Å². The van der Waals surface area contributed by atoms with Crippen molar-refractivity contribution in [3.05, 3.63) is 34.3 Å². The van der Waals surface area contributed by atoms with Gasteiger partial charge in [-0.05, 0) is 17.7 Å². The average Bonchev–Trinajstić information content (AvgIpc) is 2.26. The SMILES string of the molecule is COC(=O)c1ccc(C(N)CO)cc1Cl. The molecule has 1 rings (SSSR count). The molecule has 0 radical (unpaired) electrons. The summed E-state index contributed by atoms with van der Waals surface area (Å²) in [6, 6.07) is 4.22. The standard InChI is InChI=1S/C10H12ClNO3/c1-15-10(14)7-3-2-6(4-8(7)11)9(12)5-13/h2-4,9,13H,5,12H2,1H3. The van der Waals surface area contributed by atoms with Crippen LogP contribution in [0.2, 0.25) is 5.02 Å². The molecule has 0 aliphatic heterocycles. The van der Waals surface area contributed by atoms with Gasteiger partial charge in [0, 0.05) is 0 Å². The quantitative estimate of drug-likeness (QED) is 0.762. The number of halogens is 1. The van der Waals surface area contributed by atoms with Gasteiger partial charge in [-0.25, -0.2) is 4.79 Å². The van der Waals surface area contributed by atoms with Crippen molar-refractivity contribution in [1.29, 1.82) is 0 Å². The lowest BCUT2D eigenvalue weighted by Gasteiger charge is -2.10. The highest BCUT2D eigenvalue weighted by molar-refractivity contribution is 6.33. The first-order valence-corrected chi connectivity index (χ1v) is 4.72. The number of carbonyl (C=O) groups excluding carboxylic acids is 1. The summed E-state index contributed by atoms with van der Waals surface area (Å²) < 4.78 is 4.54. The molecule has 0 aliphatic carbocycles. The van der Waals surface area contributed by atoms with Gasteiger partial charge in [-0.15, -0.1) is 0 Å². The lowest BCUT2D eigenvalue weighted by atomic mass is 10.1. The zero-order chi connectivity index (χ0) is 11.4. The van der Waals surface area contributed by atoms with E-state index >= 15 is 0 Å². The molecule has 0 aromatic heterocycles. The van der Waals surface area contributed by atoms with E-state index in [1.165, 1.54) is 13.2 Å². The molecular formula is C10H12ClNO3. The topological polar surface area (TPSA) is 72.5 Å². The van der Waals surface area contributed by atoms with Gasteiger partial charge in [0.15, 0.2) is 0 Å². The fraction of sp³-hybridized carbons (Fsp3) is 0.300. The first-order valence-electron chi connectivity index (χ1n) is 4.34. The molecule has 15 heavy (non-hydrogen) atoms. The van der Waals surface area contributed by atoms with E-state index in [1.54, 1.807) is 12.1 Å². The number of carbonyl (C=O) groups is 1. The number of aliphatic hydroxyl groups excluding tert-OH is 1. The van der Waals surface area contributed by atoms with Crippen molar-refractivity contribution < 1.29 is 14.6 Å². The Bertz CT molecular complexity index is 368. The molecule has 4 nitrogen and oxygen atoms in total. The van der Waals surface area contributed by atoms with Crippen LogP contribution in [0.4, 0.5) is 0 Å². The van der Waals surface area contributed by atoms with E-state index in [-0.39, 0.29) is 17.2 Å². The minimum atomic E-state index is -0.496. The van der Waals surface area contributed by atoms with Crippen molar-refractivity contribution in [1.82, 2.24) is 0 Å². The van der Waals surface area contributed by atoms with Gasteiger partial charge in [0.1, 0.15) is 0 Å². The Morgan fingerprint density at radius 2 is 2.33 bits per heavy atom. The van der Waals surface area contributed by atoms with Crippen molar-refractivity contribution >= 4 is 17.6 Å². The second-order valence-electron chi connectivity index (χ2n) is 3.02. The molecule has 0 bridgehead atoms. The third-order valence-corrected chi connectivity index (χ3v) is 2.34. The maximum atomic E-state index is 11.2. The van der Waals surface area contributed by atoms with Gasteiger partial charge in [-0.2, -0.15) is 0 Å². The van der Waals surface area contributed by atoms with E-state index in [9.17, 15) is 4.79 Å². The molecule has 0 saturated heterocycles. The number of hydrogen-bond donors (Lipinski definition) is 2. The summed E-state index contributed by atoms with van der Waals surface area (Å²) in [5, 5.41) is 9.11. The normalized spacial score (nSPS) is 12.3. The molecule has 3 N–H and O–H groups in total. The third-order valence-electron chi connectivity index (χ3n) is 2.02. The molecular weight excluding hydrogens is 218 g/mol. The van der Waals surface area contributed by atoms with Crippen LogP contribution in [0.3, 0.4) is 0 Å². The van der Waals surface area contributed by atoms with Crippen LogP contribution in [0, 0.1) is 0 Å². The molecule has 1 atom stereocenters. The van der Waals surface area contributed by atoms with E-state index in [4.69, 9.17) is 22.4 Å². The average molecular weight is 230 g/mol. The summed E-state index contributed by atoms with van der Waals surface area (Å²) in [6.07, 6.45) is 0. The summed E-state index contributed by atoms with van der Waals surface area (Å²) in [4.78, 5) is 11.2. The Balaban J connectivity index is 3.03. The molecule has 0 aliphatic rings. The van der Waals surface area contributed by atoms with Crippen LogP contribution in [0.1, 0.15) is 22.0 Å². The van der Waals surface area contributed by atoms with Gasteiger partial charge in [0.25, 0.3) is 0 Å². The maximum Gasteiger partial charge on any atom is 0.339 e. The molecule has 0 spiro atoms. The molecule has 1 aromatic carbocycles. The maximum absolute atomic E-state index is 11.2. The van der Waals surface area contributed by atoms with Gasteiger partial charge in [0.2, 0.25) is 0 Å². The number of esters is 1. The van der Waals surface area contributed by atoms with Gasteiger partial charge in [0.05, 0.1) is 30.3 Å². The fourth-order valence-corrected chi connectivity index (χ4v) is 1.41. The number of nitrogens with two attached hydrogens (primary N) is 1. The van der Waals surface area contributed by atoms with Gasteiger partial charge in [-0.1, -0.05) is 17.7 Å². The zero-order valence-corrected chi connectivity index (χ0v) is 8.99. The number of benzene rings is 1. The number of aliphatic hydroxyl groups is 1. The van der Waals surface area contributed by atoms with E-state index in [1.807, 2.05) is 0 Å². The minimum absolute atomic E-state index is 0.173. The Hall–Kier alpha value is -1.10. The fourth-order valence-electron chi connectivity index (χ4n) is 1.14. The van der Waals surface area contributed by atoms with Crippen LogP contribution in [0.5, 0.6) is 0 Å². The van der Waals surface area contributed by atoms with Crippen LogP contribution < -0.4 is 5.73 Å². The summed E-state index contributed by atoms with van der Waals surface area (Å²) in [5.74, 6) is -0.496. The molecule has 1 unspecified atom stereocenters. The van der Waals surface area contributed by atoms with Crippen molar-refractivity contribution in [3.8, 4) is 0 Å². The summed E-state index contributed by atoms with van der Waals surface area (Å²) >= 11 is 5.87. The van der Waals surface area contributed by atoms with Crippen molar-refractivity contribution in [2.24, 2.45) is 5.73 Å². The number of ether oxygens (including phenoxy) is 1. The van der Waals surface area contributed by atoms with Crippen molar-refractivity contribution in [2.75, 3.05) is 13.7 Å². The second-order valence-corrected chi connectivity index (χ2v) is 3.43. The van der Waals surface area contributed by atoms with Gasteiger partial charge in [-0.3, -0.25) is 0 Å². The molecule has 0 heterocycles.